The predicted molar refractivity (Wildman–Crippen MR) is 88.1 cm³/mol. The van der Waals surface area contributed by atoms with Crippen LogP contribution in [-0.2, 0) is 5.92 Å². The van der Waals surface area contributed by atoms with E-state index in [2.05, 4.69) is 6.58 Å². The lowest BCUT2D eigenvalue weighted by Gasteiger charge is -2.17. The van der Waals surface area contributed by atoms with E-state index in [0.29, 0.717) is 0 Å². The van der Waals surface area contributed by atoms with Crippen molar-refractivity contribution in [1.29, 1.82) is 0 Å². The summed E-state index contributed by atoms with van der Waals surface area (Å²) in [5.41, 5.74) is 0.544. The fraction of sp³-hybridized carbons (Fsp3) is 0.263. The number of rotatable bonds is 8. The quantitative estimate of drug-likeness (QED) is 0.577. The molecule has 2 rings (SSSR count). The molecule has 2 aromatic rings. The van der Waals surface area contributed by atoms with Crippen LogP contribution in [0.25, 0.3) is 6.08 Å². The molecular weight excluding hydrogens is 336 g/mol. The van der Waals surface area contributed by atoms with Crippen molar-refractivity contribution in [2.24, 2.45) is 0 Å². The molecule has 0 N–H and O–H groups in total. The van der Waals surface area contributed by atoms with Gasteiger partial charge in [0.1, 0.15) is 0 Å². The molecule has 0 amide bonds. The number of benzene rings is 2. The average Bonchev–Trinajstić information content (AvgIpc) is 2.61. The van der Waals surface area contributed by atoms with Crippen molar-refractivity contribution in [1.82, 2.24) is 0 Å². The molecule has 0 heterocycles. The summed E-state index contributed by atoms with van der Waals surface area (Å²) in [7, 11) is 0. The zero-order chi connectivity index (χ0) is 18.4. The van der Waals surface area contributed by atoms with Crippen LogP contribution in [-0.4, -0.2) is 13.2 Å². The molecular formula is C19H18F4O2. The highest BCUT2D eigenvalue weighted by Gasteiger charge is 2.31. The first-order valence-corrected chi connectivity index (χ1v) is 7.73. The number of hydrogen-bond donors (Lipinski definition) is 0. The highest BCUT2D eigenvalue weighted by molar-refractivity contribution is 5.47. The molecule has 6 heteroatoms. The van der Waals surface area contributed by atoms with Crippen LogP contribution in [0.1, 0.15) is 24.5 Å². The van der Waals surface area contributed by atoms with Crippen LogP contribution < -0.4 is 9.47 Å². The normalized spacial score (nSPS) is 11.2. The van der Waals surface area contributed by atoms with Gasteiger partial charge in [0.2, 0.25) is 11.6 Å². The second-order valence-corrected chi connectivity index (χ2v) is 5.25. The molecule has 0 aliphatic rings. The van der Waals surface area contributed by atoms with Gasteiger partial charge in [-0.1, -0.05) is 36.9 Å². The van der Waals surface area contributed by atoms with Gasteiger partial charge in [0, 0.05) is 12.0 Å². The summed E-state index contributed by atoms with van der Waals surface area (Å²) >= 11 is 0. The Balaban J connectivity index is 2.01. The van der Waals surface area contributed by atoms with E-state index in [1.54, 1.807) is 13.0 Å². The van der Waals surface area contributed by atoms with Crippen molar-refractivity contribution < 1.29 is 27.0 Å². The van der Waals surface area contributed by atoms with Crippen LogP contribution in [0.15, 0.2) is 43.0 Å². The summed E-state index contributed by atoms with van der Waals surface area (Å²) in [4.78, 5) is 0. The Kier molecular flexibility index (Phi) is 6.07. The Morgan fingerprint density at radius 3 is 2.04 bits per heavy atom. The molecule has 0 radical (unpaired) electrons. The van der Waals surface area contributed by atoms with Crippen molar-refractivity contribution in [3.63, 3.8) is 0 Å². The molecule has 0 aliphatic heterocycles. The summed E-state index contributed by atoms with van der Waals surface area (Å²) in [6.45, 7) is 4.89. The lowest BCUT2D eigenvalue weighted by molar-refractivity contribution is -0.0246. The zero-order valence-electron chi connectivity index (χ0n) is 13.7. The van der Waals surface area contributed by atoms with Crippen molar-refractivity contribution in [2.75, 3.05) is 13.2 Å². The molecule has 0 saturated carbocycles. The van der Waals surface area contributed by atoms with Crippen LogP contribution in [0.4, 0.5) is 17.6 Å². The van der Waals surface area contributed by atoms with E-state index in [-0.39, 0.29) is 17.9 Å². The third-order valence-corrected chi connectivity index (χ3v) is 3.55. The van der Waals surface area contributed by atoms with Crippen LogP contribution in [0.5, 0.6) is 11.5 Å². The SMILES string of the molecule is C=Cc1ccc(C(F)(F)CCOc2ccc(OCC)c(F)c2F)cc1. The summed E-state index contributed by atoms with van der Waals surface area (Å²) in [5, 5.41) is 0. The Morgan fingerprint density at radius 2 is 1.52 bits per heavy atom. The van der Waals surface area contributed by atoms with Crippen molar-refractivity contribution in [3.8, 4) is 11.5 Å². The Hall–Kier alpha value is -2.50. The molecule has 25 heavy (non-hydrogen) atoms. The van der Waals surface area contributed by atoms with Crippen molar-refractivity contribution in [3.05, 3.63) is 65.7 Å². The number of alkyl halides is 2. The first-order chi connectivity index (χ1) is 11.9. The second-order valence-electron chi connectivity index (χ2n) is 5.25. The van der Waals surface area contributed by atoms with E-state index < -0.39 is 36.3 Å². The minimum Gasteiger partial charge on any atom is -0.491 e. The lowest BCUT2D eigenvalue weighted by atomic mass is 10.0. The molecule has 0 aromatic heterocycles. The standard InChI is InChI=1S/C19H18F4O2/c1-3-13-5-7-14(8-6-13)19(22,23)11-12-25-16-10-9-15(24-4-2)17(20)18(16)21/h3,5-10H,1,4,11-12H2,2H3. The van der Waals surface area contributed by atoms with Crippen LogP contribution >= 0.6 is 0 Å². The summed E-state index contributed by atoms with van der Waals surface area (Å²) in [6, 6.07) is 8.00. The molecule has 2 nitrogen and oxygen atoms in total. The highest BCUT2D eigenvalue weighted by Crippen LogP contribution is 2.33. The first kappa shape index (κ1) is 18.8. The van der Waals surface area contributed by atoms with Crippen molar-refractivity contribution >= 4 is 6.08 Å². The molecule has 0 bridgehead atoms. The summed E-state index contributed by atoms with van der Waals surface area (Å²) in [6.07, 6.45) is 0.878. The lowest BCUT2D eigenvalue weighted by Crippen LogP contribution is -2.17. The smallest absolute Gasteiger partial charge is 0.276 e. The van der Waals surface area contributed by atoms with Gasteiger partial charge in [-0.3, -0.25) is 0 Å². The monoisotopic (exact) mass is 354 g/mol. The number of hydrogen-bond acceptors (Lipinski definition) is 2. The van der Waals surface area contributed by atoms with E-state index in [0.717, 1.165) is 11.6 Å². The molecule has 0 spiro atoms. The van der Waals surface area contributed by atoms with Crippen molar-refractivity contribution in [2.45, 2.75) is 19.3 Å². The fourth-order valence-electron chi connectivity index (χ4n) is 2.19. The molecule has 0 saturated heterocycles. The summed E-state index contributed by atoms with van der Waals surface area (Å²) in [5.74, 6) is -6.30. The zero-order valence-corrected chi connectivity index (χ0v) is 13.7. The molecule has 134 valence electrons. The Morgan fingerprint density at radius 1 is 0.960 bits per heavy atom. The average molecular weight is 354 g/mol. The minimum atomic E-state index is -3.15. The van der Waals surface area contributed by atoms with Gasteiger partial charge in [-0.25, -0.2) is 8.78 Å². The van der Waals surface area contributed by atoms with Gasteiger partial charge in [-0.05, 0) is 24.6 Å². The largest absolute Gasteiger partial charge is 0.491 e. The predicted octanol–water partition coefficient (Wildman–Crippen LogP) is 5.57. The van der Waals surface area contributed by atoms with E-state index in [4.69, 9.17) is 9.47 Å². The van der Waals surface area contributed by atoms with Gasteiger partial charge in [0.05, 0.1) is 13.2 Å². The van der Waals surface area contributed by atoms with Crippen LogP contribution in [0.2, 0.25) is 0 Å². The highest BCUT2D eigenvalue weighted by atomic mass is 19.3. The minimum absolute atomic E-state index is 0.174. The number of ether oxygens (including phenoxy) is 2. The maximum Gasteiger partial charge on any atom is 0.276 e. The van der Waals surface area contributed by atoms with Gasteiger partial charge in [-0.15, -0.1) is 0 Å². The molecule has 0 unspecified atom stereocenters. The van der Waals surface area contributed by atoms with Gasteiger partial charge in [0.15, 0.2) is 11.5 Å². The van der Waals surface area contributed by atoms with E-state index in [1.165, 1.54) is 30.3 Å². The maximum absolute atomic E-state index is 14.1. The number of halogens is 4. The first-order valence-electron chi connectivity index (χ1n) is 7.73. The Labute approximate surface area is 143 Å². The maximum atomic E-state index is 14.1. The van der Waals surface area contributed by atoms with E-state index in [1.807, 2.05) is 0 Å². The van der Waals surface area contributed by atoms with Gasteiger partial charge < -0.3 is 9.47 Å². The Bertz CT molecular complexity index is 727. The van der Waals surface area contributed by atoms with E-state index in [9.17, 15) is 17.6 Å². The fourth-order valence-corrected chi connectivity index (χ4v) is 2.19. The molecule has 0 fully saturated rings. The van der Waals surface area contributed by atoms with Crippen LogP contribution in [0, 0.1) is 11.6 Å². The van der Waals surface area contributed by atoms with E-state index >= 15 is 0 Å². The topological polar surface area (TPSA) is 18.5 Å². The van der Waals surface area contributed by atoms with Gasteiger partial charge >= 0.3 is 0 Å². The summed E-state index contributed by atoms with van der Waals surface area (Å²) < 4.78 is 65.7. The molecule has 0 atom stereocenters. The third kappa shape index (κ3) is 4.53. The van der Waals surface area contributed by atoms with Crippen LogP contribution in [0.3, 0.4) is 0 Å². The van der Waals surface area contributed by atoms with Gasteiger partial charge in [0.25, 0.3) is 5.92 Å². The molecule has 0 aliphatic carbocycles. The second kappa shape index (κ2) is 8.05. The third-order valence-electron chi connectivity index (χ3n) is 3.55. The molecule has 2 aromatic carbocycles. The van der Waals surface area contributed by atoms with Gasteiger partial charge in [-0.2, -0.15) is 8.78 Å².